The molecule has 0 bridgehead atoms. The summed E-state index contributed by atoms with van der Waals surface area (Å²) >= 11 is 0. The first kappa shape index (κ1) is 13.9. The number of nitrogen functional groups attached to an aromatic ring is 1. The second kappa shape index (κ2) is 4.98. The van der Waals surface area contributed by atoms with Crippen LogP contribution in [0.3, 0.4) is 0 Å². The van der Waals surface area contributed by atoms with Crippen molar-refractivity contribution in [2.75, 3.05) is 5.73 Å². The number of aliphatic hydroxyl groups is 2. The molecule has 0 heterocycles. The van der Waals surface area contributed by atoms with Crippen LogP contribution in [0.5, 0.6) is 0 Å². The van der Waals surface area contributed by atoms with Gasteiger partial charge in [0.2, 0.25) is 0 Å². The normalized spacial score (nSPS) is 13.9. The maximum absolute atomic E-state index is 10.7. The standard InChI is InChI=1S/C10H12N2O6/c1-4-2-5(8(13)9(14)10(15)16)3-6(7(4)11)12(17)18/h2-3,8-9,13-14H,11H2,1H3,(H,15,16). The fourth-order valence-corrected chi connectivity index (χ4v) is 1.45. The van der Waals surface area contributed by atoms with Crippen molar-refractivity contribution in [2.24, 2.45) is 0 Å². The van der Waals surface area contributed by atoms with Crippen molar-refractivity contribution in [1.82, 2.24) is 0 Å². The number of carboxylic acids is 1. The summed E-state index contributed by atoms with van der Waals surface area (Å²) in [5.74, 6) is -1.63. The number of nitro groups is 1. The lowest BCUT2D eigenvalue weighted by Crippen LogP contribution is -2.27. The Hall–Kier alpha value is -2.19. The molecular weight excluding hydrogens is 244 g/mol. The molecule has 8 heteroatoms. The topological polar surface area (TPSA) is 147 Å². The predicted octanol–water partition coefficient (Wildman–Crippen LogP) is -0.0357. The number of rotatable bonds is 4. The highest BCUT2D eigenvalue weighted by molar-refractivity contribution is 5.73. The molecule has 2 unspecified atom stereocenters. The van der Waals surface area contributed by atoms with Gasteiger partial charge in [-0.2, -0.15) is 0 Å². The van der Waals surface area contributed by atoms with Gasteiger partial charge in [-0.25, -0.2) is 4.79 Å². The van der Waals surface area contributed by atoms with E-state index in [1.54, 1.807) is 0 Å². The zero-order valence-electron chi connectivity index (χ0n) is 9.40. The van der Waals surface area contributed by atoms with Crippen LogP contribution in [0, 0.1) is 17.0 Å². The van der Waals surface area contributed by atoms with E-state index in [1.807, 2.05) is 0 Å². The Bertz CT molecular complexity index is 501. The van der Waals surface area contributed by atoms with Gasteiger partial charge >= 0.3 is 5.97 Å². The van der Waals surface area contributed by atoms with Crippen molar-refractivity contribution in [3.05, 3.63) is 33.4 Å². The maximum atomic E-state index is 10.7. The third kappa shape index (κ3) is 2.55. The summed E-state index contributed by atoms with van der Waals surface area (Å²) in [4.78, 5) is 20.5. The van der Waals surface area contributed by atoms with Crippen molar-refractivity contribution < 1.29 is 25.0 Å². The third-order valence-corrected chi connectivity index (χ3v) is 2.48. The SMILES string of the molecule is Cc1cc(C(O)C(O)C(=O)O)cc([N+](=O)[O-])c1N. The van der Waals surface area contributed by atoms with Crippen LogP contribution in [0.15, 0.2) is 12.1 Å². The Balaban J connectivity index is 3.26. The van der Waals surface area contributed by atoms with Gasteiger partial charge < -0.3 is 21.1 Å². The Morgan fingerprint density at radius 1 is 1.44 bits per heavy atom. The van der Waals surface area contributed by atoms with E-state index in [-0.39, 0.29) is 11.3 Å². The third-order valence-electron chi connectivity index (χ3n) is 2.48. The van der Waals surface area contributed by atoms with Crippen molar-refractivity contribution in [2.45, 2.75) is 19.1 Å². The number of aryl methyl sites for hydroxylation is 1. The molecule has 0 fully saturated rings. The van der Waals surface area contributed by atoms with E-state index in [1.165, 1.54) is 13.0 Å². The molecule has 2 atom stereocenters. The highest BCUT2D eigenvalue weighted by Gasteiger charge is 2.27. The lowest BCUT2D eigenvalue weighted by atomic mass is 10.00. The molecule has 8 nitrogen and oxygen atoms in total. The van der Waals surface area contributed by atoms with E-state index in [9.17, 15) is 25.1 Å². The van der Waals surface area contributed by atoms with Crippen LogP contribution in [-0.4, -0.2) is 32.3 Å². The molecular formula is C10H12N2O6. The lowest BCUT2D eigenvalue weighted by Gasteiger charge is -2.15. The zero-order valence-corrected chi connectivity index (χ0v) is 9.40. The highest BCUT2D eigenvalue weighted by atomic mass is 16.6. The Morgan fingerprint density at radius 3 is 2.44 bits per heavy atom. The van der Waals surface area contributed by atoms with Crippen LogP contribution in [0.4, 0.5) is 11.4 Å². The molecule has 0 radical (unpaired) electrons. The predicted molar refractivity (Wildman–Crippen MR) is 60.8 cm³/mol. The van der Waals surface area contributed by atoms with E-state index < -0.39 is 28.8 Å². The van der Waals surface area contributed by atoms with Crippen molar-refractivity contribution >= 4 is 17.3 Å². The smallest absolute Gasteiger partial charge is 0.335 e. The number of carboxylic acid groups (broad SMARTS) is 1. The van der Waals surface area contributed by atoms with Crippen LogP contribution in [0.2, 0.25) is 0 Å². The number of benzene rings is 1. The molecule has 5 N–H and O–H groups in total. The molecule has 1 rings (SSSR count). The summed E-state index contributed by atoms with van der Waals surface area (Å²) < 4.78 is 0. The quantitative estimate of drug-likeness (QED) is 0.335. The second-order valence-electron chi connectivity index (χ2n) is 3.76. The minimum Gasteiger partial charge on any atom is -0.479 e. The lowest BCUT2D eigenvalue weighted by molar-refractivity contribution is -0.384. The first-order valence-corrected chi connectivity index (χ1v) is 4.89. The number of hydrogen-bond donors (Lipinski definition) is 4. The monoisotopic (exact) mass is 256 g/mol. The van der Waals surface area contributed by atoms with Crippen LogP contribution < -0.4 is 5.73 Å². The summed E-state index contributed by atoms with van der Waals surface area (Å²) in [6, 6.07) is 2.23. The Kier molecular flexibility index (Phi) is 3.84. The molecule has 0 aliphatic rings. The Labute approximate surface area is 101 Å². The summed E-state index contributed by atoms with van der Waals surface area (Å²) in [7, 11) is 0. The van der Waals surface area contributed by atoms with E-state index in [0.29, 0.717) is 5.56 Å². The molecule has 98 valence electrons. The van der Waals surface area contributed by atoms with E-state index in [2.05, 4.69) is 0 Å². The van der Waals surface area contributed by atoms with Gasteiger partial charge in [0.05, 0.1) is 4.92 Å². The van der Waals surface area contributed by atoms with Gasteiger partial charge in [-0.1, -0.05) is 6.07 Å². The van der Waals surface area contributed by atoms with Gasteiger partial charge in [-0.3, -0.25) is 10.1 Å². The number of anilines is 1. The fourth-order valence-electron chi connectivity index (χ4n) is 1.45. The van der Waals surface area contributed by atoms with Gasteiger partial charge in [-0.15, -0.1) is 0 Å². The van der Waals surface area contributed by atoms with Crippen LogP contribution in [-0.2, 0) is 4.79 Å². The van der Waals surface area contributed by atoms with E-state index >= 15 is 0 Å². The van der Waals surface area contributed by atoms with Crippen molar-refractivity contribution in [3.63, 3.8) is 0 Å². The van der Waals surface area contributed by atoms with Gasteiger partial charge in [-0.05, 0) is 18.1 Å². The van der Waals surface area contributed by atoms with Gasteiger partial charge in [0, 0.05) is 6.07 Å². The summed E-state index contributed by atoms with van der Waals surface area (Å²) in [5.41, 5.74) is 5.21. The first-order chi connectivity index (χ1) is 8.25. The molecule has 0 aliphatic heterocycles. The molecule has 1 aromatic rings. The number of aliphatic hydroxyl groups excluding tert-OH is 2. The van der Waals surface area contributed by atoms with Gasteiger partial charge in [0.15, 0.2) is 6.10 Å². The maximum Gasteiger partial charge on any atom is 0.335 e. The number of nitrogens with zero attached hydrogens (tertiary/aromatic N) is 1. The number of nitrogens with two attached hydrogens (primary N) is 1. The molecule has 0 spiro atoms. The number of nitro benzene ring substituents is 1. The first-order valence-electron chi connectivity index (χ1n) is 4.89. The van der Waals surface area contributed by atoms with Crippen LogP contribution >= 0.6 is 0 Å². The summed E-state index contributed by atoms with van der Waals surface area (Å²) in [6.45, 7) is 1.48. The van der Waals surface area contributed by atoms with Crippen molar-refractivity contribution in [3.8, 4) is 0 Å². The highest BCUT2D eigenvalue weighted by Crippen LogP contribution is 2.30. The minimum atomic E-state index is -2.06. The zero-order chi connectivity index (χ0) is 14.0. The van der Waals surface area contributed by atoms with Crippen molar-refractivity contribution in [1.29, 1.82) is 0 Å². The molecule has 0 amide bonds. The Morgan fingerprint density at radius 2 is 2.00 bits per heavy atom. The largest absolute Gasteiger partial charge is 0.479 e. The molecule has 0 saturated heterocycles. The van der Waals surface area contributed by atoms with E-state index in [0.717, 1.165) is 6.07 Å². The van der Waals surface area contributed by atoms with Gasteiger partial charge in [0.25, 0.3) is 5.69 Å². The van der Waals surface area contributed by atoms with Crippen LogP contribution in [0.1, 0.15) is 17.2 Å². The molecule has 0 aliphatic carbocycles. The second-order valence-corrected chi connectivity index (χ2v) is 3.76. The average Bonchev–Trinajstić information content (AvgIpc) is 2.29. The minimum absolute atomic E-state index is 0.0687. The van der Waals surface area contributed by atoms with Gasteiger partial charge in [0.1, 0.15) is 11.8 Å². The molecule has 0 aromatic heterocycles. The summed E-state index contributed by atoms with van der Waals surface area (Å²) in [6.07, 6.45) is -3.83. The van der Waals surface area contributed by atoms with Crippen LogP contribution in [0.25, 0.3) is 0 Å². The number of hydrogen-bond acceptors (Lipinski definition) is 6. The van der Waals surface area contributed by atoms with E-state index in [4.69, 9.17) is 10.8 Å². The number of aliphatic carboxylic acids is 1. The average molecular weight is 256 g/mol. The summed E-state index contributed by atoms with van der Waals surface area (Å²) in [5, 5.41) is 38.0. The number of carbonyl (C=O) groups is 1. The molecule has 0 saturated carbocycles. The molecule has 18 heavy (non-hydrogen) atoms. The fraction of sp³-hybridized carbons (Fsp3) is 0.300. The molecule has 1 aromatic carbocycles.